The highest BCUT2D eigenvalue weighted by atomic mass is 16.3. The van der Waals surface area contributed by atoms with Crippen molar-refractivity contribution >= 4 is 35.7 Å². The minimum absolute atomic E-state index is 0.0573. The van der Waals surface area contributed by atoms with Crippen molar-refractivity contribution in [2.75, 3.05) is 0 Å². The standard InChI is InChI=1S/C33H36N2O3/c1-8-22-17(5)26-15-30-24(10-3)25(11-4)31(38-30)16-27-18(6)23(9-2)29(35-27)14-21-12-20(13-28(22)34-26)32(36)19(7)33(21)37/h12-16,36-37H,8-11H2,1-7H3. The number of phenolic OH excluding ortho intramolecular Hbond substituents is 2. The average Bonchev–Trinajstić information content (AvgIpc) is 3.50. The third-order valence-corrected chi connectivity index (χ3v) is 8.06. The van der Waals surface area contributed by atoms with E-state index in [0.29, 0.717) is 16.7 Å². The smallest absolute Gasteiger partial charge is 0.133 e. The van der Waals surface area contributed by atoms with Gasteiger partial charge in [-0.3, -0.25) is 0 Å². The normalized spacial score (nSPS) is 16.7. The van der Waals surface area contributed by atoms with E-state index in [4.69, 9.17) is 14.4 Å². The number of benzene rings is 1. The van der Waals surface area contributed by atoms with Crippen molar-refractivity contribution < 1.29 is 14.6 Å². The summed E-state index contributed by atoms with van der Waals surface area (Å²) in [6.07, 6.45) is 11.3. The van der Waals surface area contributed by atoms with E-state index in [1.54, 1.807) is 6.92 Å². The number of aliphatic imine (C=N–C) groups is 2. The molecule has 4 heterocycles. The molecule has 0 saturated heterocycles. The van der Waals surface area contributed by atoms with Gasteiger partial charge in [0.05, 0.1) is 22.8 Å². The maximum atomic E-state index is 11.0. The van der Waals surface area contributed by atoms with Crippen LogP contribution in [0.25, 0.3) is 24.3 Å². The fourth-order valence-electron chi connectivity index (χ4n) is 5.83. The molecule has 3 aliphatic heterocycles. The molecule has 5 nitrogen and oxygen atoms in total. The lowest BCUT2D eigenvalue weighted by atomic mass is 9.97. The van der Waals surface area contributed by atoms with E-state index in [2.05, 4.69) is 53.7 Å². The van der Waals surface area contributed by atoms with Gasteiger partial charge in [0, 0.05) is 40.0 Å². The number of fused-ring (bicyclic) bond motifs is 6. The third kappa shape index (κ3) is 4.01. The van der Waals surface area contributed by atoms with Crippen molar-refractivity contribution in [3.8, 4) is 11.5 Å². The number of furan rings is 1. The summed E-state index contributed by atoms with van der Waals surface area (Å²) in [6, 6.07) is 1.82. The lowest BCUT2D eigenvalue weighted by Crippen LogP contribution is -2.09. The van der Waals surface area contributed by atoms with Gasteiger partial charge in [0.1, 0.15) is 22.3 Å². The molecule has 2 aromatic rings. The molecule has 2 N–H and O–H groups in total. The largest absolute Gasteiger partial charge is 0.507 e. The Balaban J connectivity index is 1.92. The lowest BCUT2D eigenvalue weighted by Gasteiger charge is -2.11. The molecular weight excluding hydrogens is 472 g/mol. The Morgan fingerprint density at radius 1 is 0.632 bits per heavy atom. The molecule has 1 aromatic heterocycles. The van der Waals surface area contributed by atoms with E-state index in [1.165, 1.54) is 11.1 Å². The second-order valence-electron chi connectivity index (χ2n) is 10.1. The summed E-state index contributed by atoms with van der Waals surface area (Å²) in [5, 5.41) is 22.0. The van der Waals surface area contributed by atoms with Crippen LogP contribution in [0.2, 0.25) is 0 Å². The molecule has 0 unspecified atom stereocenters. The van der Waals surface area contributed by atoms with E-state index >= 15 is 0 Å². The lowest BCUT2D eigenvalue weighted by molar-refractivity contribution is 0.441. The average molecular weight is 509 g/mol. The van der Waals surface area contributed by atoms with Crippen molar-refractivity contribution in [1.29, 1.82) is 0 Å². The van der Waals surface area contributed by atoms with Crippen molar-refractivity contribution in [2.24, 2.45) is 9.98 Å². The molecular formula is C33H36N2O3. The van der Waals surface area contributed by atoms with E-state index < -0.39 is 0 Å². The van der Waals surface area contributed by atoms with Crippen molar-refractivity contribution in [2.45, 2.75) is 74.1 Å². The molecule has 0 saturated carbocycles. The van der Waals surface area contributed by atoms with Gasteiger partial charge in [0.25, 0.3) is 0 Å². The van der Waals surface area contributed by atoms with Crippen LogP contribution >= 0.6 is 0 Å². The van der Waals surface area contributed by atoms with E-state index in [0.717, 1.165) is 81.6 Å². The summed E-state index contributed by atoms with van der Waals surface area (Å²) in [5.74, 6) is 0.115. The maximum Gasteiger partial charge on any atom is 0.133 e. The minimum Gasteiger partial charge on any atom is -0.507 e. The molecule has 3 aliphatic rings. The molecule has 0 fully saturated rings. The number of aromatic hydroxyl groups is 2. The molecule has 8 bridgehead atoms. The molecule has 0 amide bonds. The van der Waals surface area contributed by atoms with Crippen molar-refractivity contribution in [1.82, 2.24) is 0 Å². The first-order valence-corrected chi connectivity index (χ1v) is 13.6. The first-order chi connectivity index (χ1) is 18.2. The fourth-order valence-corrected chi connectivity index (χ4v) is 5.83. The fraction of sp³-hybridized carbons (Fsp3) is 0.333. The van der Waals surface area contributed by atoms with Crippen LogP contribution in [0.1, 0.15) is 82.2 Å². The highest BCUT2D eigenvalue weighted by Gasteiger charge is 2.23. The van der Waals surface area contributed by atoms with Gasteiger partial charge in [-0.2, -0.15) is 0 Å². The van der Waals surface area contributed by atoms with E-state index in [-0.39, 0.29) is 11.5 Å². The SMILES string of the molecule is CCC1=C(C)C2=NC1=Cc1cc(c(O)c(C)c1O)C=C1N=C(C=c3oc(c(CC)c3CC)=C2)C(C)=C1CC. The molecule has 196 valence electrons. The Labute approximate surface area is 224 Å². The van der Waals surface area contributed by atoms with Crippen molar-refractivity contribution in [3.63, 3.8) is 0 Å². The van der Waals surface area contributed by atoms with Crippen LogP contribution in [0.5, 0.6) is 11.5 Å². The Morgan fingerprint density at radius 2 is 1.05 bits per heavy atom. The summed E-state index contributed by atoms with van der Waals surface area (Å²) >= 11 is 0. The zero-order valence-corrected chi connectivity index (χ0v) is 23.4. The number of phenols is 2. The monoisotopic (exact) mass is 508 g/mol. The van der Waals surface area contributed by atoms with Crippen molar-refractivity contribution in [3.05, 3.63) is 78.4 Å². The molecule has 0 aliphatic carbocycles. The van der Waals surface area contributed by atoms with Gasteiger partial charge in [-0.15, -0.1) is 0 Å². The maximum absolute atomic E-state index is 11.0. The molecule has 0 atom stereocenters. The predicted octanol–water partition coefficient (Wildman–Crippen LogP) is 6.44. The van der Waals surface area contributed by atoms with Gasteiger partial charge in [-0.1, -0.05) is 27.7 Å². The van der Waals surface area contributed by atoms with E-state index in [9.17, 15) is 10.2 Å². The van der Waals surface area contributed by atoms with Crippen LogP contribution in [-0.4, -0.2) is 21.6 Å². The van der Waals surface area contributed by atoms with Gasteiger partial charge in [0.15, 0.2) is 0 Å². The Hall–Kier alpha value is -3.86. The zero-order chi connectivity index (χ0) is 27.3. The van der Waals surface area contributed by atoms with Gasteiger partial charge >= 0.3 is 0 Å². The topological polar surface area (TPSA) is 78.3 Å². The Bertz CT molecular complexity index is 1570. The summed E-state index contributed by atoms with van der Waals surface area (Å²) in [7, 11) is 0. The quantitative estimate of drug-likeness (QED) is 0.499. The highest BCUT2D eigenvalue weighted by molar-refractivity contribution is 6.24. The minimum atomic E-state index is 0.0573. The number of rotatable bonds is 4. The summed E-state index contributed by atoms with van der Waals surface area (Å²) in [5.41, 5.74) is 13.6. The third-order valence-electron chi connectivity index (χ3n) is 8.06. The molecule has 5 rings (SSSR count). The van der Waals surface area contributed by atoms with Crippen LogP contribution < -0.4 is 10.8 Å². The second kappa shape index (κ2) is 9.79. The molecule has 0 spiro atoms. The predicted molar refractivity (Wildman–Crippen MR) is 157 cm³/mol. The van der Waals surface area contributed by atoms with Crippen LogP contribution in [0, 0.1) is 6.92 Å². The zero-order valence-electron chi connectivity index (χ0n) is 23.4. The molecule has 0 radical (unpaired) electrons. The number of allylic oxidation sites excluding steroid dienone is 4. The second-order valence-corrected chi connectivity index (χ2v) is 10.1. The Kier molecular flexibility index (Phi) is 6.64. The van der Waals surface area contributed by atoms with Gasteiger partial charge in [-0.05, 0) is 87.0 Å². The van der Waals surface area contributed by atoms with Gasteiger partial charge in [0.2, 0.25) is 0 Å². The molecule has 5 heteroatoms. The van der Waals surface area contributed by atoms with Crippen LogP contribution in [-0.2, 0) is 12.8 Å². The highest BCUT2D eigenvalue weighted by Crippen LogP contribution is 2.40. The Morgan fingerprint density at radius 3 is 1.42 bits per heavy atom. The summed E-state index contributed by atoms with van der Waals surface area (Å²) in [4.78, 5) is 9.99. The first-order valence-electron chi connectivity index (χ1n) is 13.6. The first kappa shape index (κ1) is 25.8. The summed E-state index contributed by atoms with van der Waals surface area (Å²) < 4.78 is 6.52. The van der Waals surface area contributed by atoms with Crippen LogP contribution in [0.15, 0.2) is 54.2 Å². The van der Waals surface area contributed by atoms with E-state index in [1.807, 2.05) is 18.2 Å². The van der Waals surface area contributed by atoms with Gasteiger partial charge in [-0.25, -0.2) is 9.98 Å². The van der Waals surface area contributed by atoms with Crippen LogP contribution in [0.3, 0.4) is 0 Å². The number of hydrogen-bond acceptors (Lipinski definition) is 5. The molecule has 1 aromatic carbocycles. The number of nitrogens with zero attached hydrogens (tertiary/aromatic N) is 2. The number of hydrogen-bond donors (Lipinski definition) is 2. The summed E-state index contributed by atoms with van der Waals surface area (Å²) in [6.45, 7) is 14.5. The molecule has 38 heavy (non-hydrogen) atoms. The van der Waals surface area contributed by atoms with Crippen LogP contribution in [0.4, 0.5) is 0 Å². The van der Waals surface area contributed by atoms with Gasteiger partial charge < -0.3 is 14.6 Å².